The second-order valence-electron chi connectivity index (χ2n) is 11.2. The summed E-state index contributed by atoms with van der Waals surface area (Å²) in [6.07, 6.45) is 9.83. The minimum absolute atomic E-state index is 0.224. The predicted octanol–water partition coefficient (Wildman–Crippen LogP) is 7.21. The lowest BCUT2D eigenvalue weighted by Crippen LogP contribution is -2.19. The van der Waals surface area contributed by atoms with Gasteiger partial charge in [0.25, 0.3) is 11.1 Å². The van der Waals surface area contributed by atoms with Crippen molar-refractivity contribution in [2.24, 2.45) is 10.9 Å². The van der Waals surface area contributed by atoms with E-state index in [4.69, 9.17) is 14.5 Å². The quantitative estimate of drug-likeness (QED) is 0.147. The van der Waals surface area contributed by atoms with Crippen molar-refractivity contribution >= 4 is 30.0 Å². The highest BCUT2D eigenvalue weighted by atomic mass is 19.2. The molecule has 1 aliphatic heterocycles. The van der Waals surface area contributed by atoms with Crippen LogP contribution in [0.5, 0.6) is 5.75 Å². The van der Waals surface area contributed by atoms with Gasteiger partial charge in [0.15, 0.2) is 0 Å². The lowest BCUT2D eigenvalue weighted by molar-refractivity contribution is 0.158. The lowest BCUT2D eigenvalue weighted by atomic mass is 9.97. The first kappa shape index (κ1) is 31.8. The summed E-state index contributed by atoms with van der Waals surface area (Å²) in [7, 11) is -1.25. The third-order valence-corrected chi connectivity index (χ3v) is 8.08. The van der Waals surface area contributed by atoms with Crippen molar-refractivity contribution in [3.05, 3.63) is 104 Å². The highest BCUT2D eigenvalue weighted by Gasteiger charge is 2.26. The van der Waals surface area contributed by atoms with Crippen molar-refractivity contribution in [1.82, 2.24) is 14.7 Å². The van der Waals surface area contributed by atoms with Gasteiger partial charge >= 0.3 is 7.40 Å². The Bertz CT molecular complexity index is 1850. The standard InChI is InChI=1S/C34H37BF2N4O4/c1-4-6-8-22(9-7-5-2)21-45-32-20-29(24-12-16-27-28(18-24)34(43)40-39-33(27)42)38-30(32)19-25-13-17-31(41(25)35(36)37)23-10-14-26(44-3)15-11-23/h10-20,22H,4-9,21H2,1-3H3,(H,39,42)(H,40,43)/b30-19-. The van der Waals surface area contributed by atoms with Crippen LogP contribution in [-0.2, 0) is 4.74 Å². The maximum Gasteiger partial charge on any atom is 0.678 e. The van der Waals surface area contributed by atoms with E-state index in [2.05, 4.69) is 24.0 Å². The molecule has 0 aliphatic carbocycles. The van der Waals surface area contributed by atoms with Gasteiger partial charge in [0.2, 0.25) is 0 Å². The van der Waals surface area contributed by atoms with Crippen LogP contribution in [0.1, 0.15) is 63.6 Å². The third-order valence-electron chi connectivity index (χ3n) is 8.08. The van der Waals surface area contributed by atoms with Gasteiger partial charge in [0.1, 0.15) is 17.2 Å². The normalized spacial score (nSPS) is 13.9. The highest BCUT2D eigenvalue weighted by molar-refractivity contribution is 6.42. The number of hydrogen-bond donors (Lipinski definition) is 2. The maximum atomic E-state index is 14.5. The molecule has 0 atom stereocenters. The summed E-state index contributed by atoms with van der Waals surface area (Å²) in [5, 5.41) is 5.16. The molecule has 0 fully saturated rings. The van der Waals surface area contributed by atoms with Gasteiger partial charge in [0, 0.05) is 23.0 Å². The summed E-state index contributed by atoms with van der Waals surface area (Å²) in [5.74, 6) is 1.46. The van der Waals surface area contributed by atoms with Crippen molar-refractivity contribution in [3.63, 3.8) is 0 Å². The number of aromatic nitrogens is 3. The van der Waals surface area contributed by atoms with E-state index in [1.807, 2.05) is 0 Å². The van der Waals surface area contributed by atoms with E-state index in [1.165, 1.54) is 0 Å². The van der Waals surface area contributed by atoms with E-state index in [-0.39, 0.29) is 16.5 Å². The van der Waals surface area contributed by atoms with Gasteiger partial charge in [-0.1, -0.05) is 45.6 Å². The molecule has 3 heterocycles. The smallest absolute Gasteiger partial charge is 0.497 e. The number of nitrogens with zero attached hydrogens (tertiary/aromatic N) is 2. The van der Waals surface area contributed by atoms with Crippen LogP contribution in [0.25, 0.3) is 28.1 Å². The van der Waals surface area contributed by atoms with Crippen LogP contribution in [0, 0.1) is 5.92 Å². The monoisotopic (exact) mass is 614 g/mol. The van der Waals surface area contributed by atoms with Crippen LogP contribution < -0.4 is 15.9 Å². The van der Waals surface area contributed by atoms with Crippen molar-refractivity contribution < 1.29 is 18.1 Å². The number of aliphatic imine (C=N–C) groups is 1. The van der Waals surface area contributed by atoms with Crippen LogP contribution >= 0.6 is 0 Å². The third kappa shape index (κ3) is 7.19. The maximum absolute atomic E-state index is 14.5. The van der Waals surface area contributed by atoms with Crippen molar-refractivity contribution in [2.45, 2.75) is 52.4 Å². The van der Waals surface area contributed by atoms with Gasteiger partial charge in [-0.25, -0.2) is 4.99 Å². The van der Waals surface area contributed by atoms with Gasteiger partial charge in [-0.05, 0) is 78.9 Å². The second kappa shape index (κ2) is 14.4. The molecule has 2 aromatic carbocycles. The van der Waals surface area contributed by atoms with E-state index in [9.17, 15) is 18.2 Å². The topological polar surface area (TPSA) is 101 Å². The summed E-state index contributed by atoms with van der Waals surface area (Å²) in [5.41, 5.74) is 1.89. The van der Waals surface area contributed by atoms with E-state index >= 15 is 0 Å². The fourth-order valence-electron chi connectivity index (χ4n) is 5.56. The van der Waals surface area contributed by atoms with E-state index in [0.29, 0.717) is 52.3 Å². The van der Waals surface area contributed by atoms with Crippen molar-refractivity contribution in [1.29, 1.82) is 0 Å². The fraction of sp³-hybridized carbons (Fsp3) is 0.324. The summed E-state index contributed by atoms with van der Waals surface area (Å²) < 4.78 is 41.7. The molecule has 45 heavy (non-hydrogen) atoms. The number of halogens is 2. The summed E-state index contributed by atoms with van der Waals surface area (Å²) in [4.78, 5) is 29.5. The lowest BCUT2D eigenvalue weighted by Gasteiger charge is -2.18. The van der Waals surface area contributed by atoms with Crippen molar-refractivity contribution in [3.8, 4) is 17.0 Å². The molecule has 0 radical (unpaired) electrons. The van der Waals surface area contributed by atoms with Gasteiger partial charge in [-0.2, -0.15) is 0 Å². The molecule has 0 spiro atoms. The predicted molar refractivity (Wildman–Crippen MR) is 176 cm³/mol. The molecule has 0 bridgehead atoms. The highest BCUT2D eigenvalue weighted by Crippen LogP contribution is 2.31. The molecule has 234 valence electrons. The number of nitrogens with one attached hydrogen (secondary N) is 2. The number of hydrogen-bond acceptors (Lipinski definition) is 5. The zero-order valence-corrected chi connectivity index (χ0v) is 25.7. The fourth-order valence-corrected chi connectivity index (χ4v) is 5.56. The molecule has 0 saturated carbocycles. The molecule has 0 unspecified atom stereocenters. The molecule has 0 amide bonds. The summed E-state index contributed by atoms with van der Waals surface area (Å²) in [6, 6.07) is 15.1. The van der Waals surface area contributed by atoms with Crippen LogP contribution in [0.15, 0.2) is 86.7 Å². The minimum atomic E-state index is -2.81. The average Bonchev–Trinajstić information content (AvgIpc) is 3.67. The molecule has 1 aliphatic rings. The Balaban J connectivity index is 1.55. The summed E-state index contributed by atoms with van der Waals surface area (Å²) in [6.45, 7) is 4.81. The number of unbranched alkanes of at least 4 members (excludes halogenated alkanes) is 2. The number of allylic oxidation sites excluding steroid dienone is 1. The summed E-state index contributed by atoms with van der Waals surface area (Å²) >= 11 is 0. The second-order valence-corrected chi connectivity index (χ2v) is 11.2. The number of ether oxygens (including phenoxy) is 2. The Labute approximate surface area is 260 Å². The number of methoxy groups -OCH3 is 1. The first-order chi connectivity index (χ1) is 21.8. The Morgan fingerprint density at radius 1 is 0.911 bits per heavy atom. The number of rotatable bonds is 14. The minimum Gasteiger partial charge on any atom is -0.497 e. The first-order valence-electron chi connectivity index (χ1n) is 15.4. The van der Waals surface area contributed by atoms with Crippen LogP contribution in [0.4, 0.5) is 8.63 Å². The van der Waals surface area contributed by atoms with Crippen LogP contribution in [-0.4, -0.2) is 41.5 Å². The van der Waals surface area contributed by atoms with Gasteiger partial charge in [-0.15, -0.1) is 0 Å². The Hall–Kier alpha value is -4.67. The zero-order valence-electron chi connectivity index (χ0n) is 25.7. The van der Waals surface area contributed by atoms with Gasteiger partial charge in [0.05, 0.1) is 30.2 Å². The zero-order chi connectivity index (χ0) is 31.9. The Morgan fingerprint density at radius 2 is 1.58 bits per heavy atom. The van der Waals surface area contributed by atoms with E-state index in [1.54, 1.807) is 73.9 Å². The molecule has 5 rings (SSSR count). The first-order valence-corrected chi connectivity index (χ1v) is 15.4. The molecule has 2 aromatic heterocycles. The molecule has 11 heteroatoms. The molecular formula is C34H37BF2N4O4. The number of H-pyrrole nitrogens is 2. The molecule has 8 nitrogen and oxygen atoms in total. The van der Waals surface area contributed by atoms with Crippen molar-refractivity contribution in [2.75, 3.05) is 13.7 Å². The van der Waals surface area contributed by atoms with Crippen LogP contribution in [0.3, 0.4) is 0 Å². The van der Waals surface area contributed by atoms with Gasteiger partial charge in [-0.3, -0.25) is 28.4 Å². The average molecular weight is 615 g/mol. The molecular weight excluding hydrogens is 577 g/mol. The molecule has 0 saturated heterocycles. The Kier molecular flexibility index (Phi) is 10.2. The number of aromatic amines is 2. The molecule has 4 aromatic rings. The molecule has 2 N–H and O–H groups in total. The van der Waals surface area contributed by atoms with Crippen LogP contribution in [0.2, 0.25) is 0 Å². The largest absolute Gasteiger partial charge is 0.678 e. The van der Waals surface area contributed by atoms with E-state index < -0.39 is 18.5 Å². The van der Waals surface area contributed by atoms with E-state index in [0.717, 1.165) is 43.0 Å². The number of fused-ring (bicyclic) bond motifs is 1. The Morgan fingerprint density at radius 3 is 2.22 bits per heavy atom. The number of benzene rings is 2. The van der Waals surface area contributed by atoms with Gasteiger partial charge < -0.3 is 14.0 Å². The SMILES string of the molecule is CCCCC(CCCC)COC1=CC(c2ccc3c(=O)[nH][nH]c(=O)c3c2)=N/C1=C\c1ccc(-c2ccc(OC)cc2)n1B(F)F.